The minimum absolute atomic E-state index is 0.0147. The van der Waals surface area contributed by atoms with E-state index in [0.29, 0.717) is 5.69 Å². The van der Waals surface area contributed by atoms with Crippen molar-refractivity contribution in [3.63, 3.8) is 0 Å². The third kappa shape index (κ3) is 4.16. The monoisotopic (exact) mass is 255 g/mol. The van der Waals surface area contributed by atoms with Crippen LogP contribution in [0.2, 0.25) is 0 Å². The summed E-state index contributed by atoms with van der Waals surface area (Å²) in [6.45, 7) is 3.34. The third-order valence-electron chi connectivity index (χ3n) is 2.00. The lowest BCUT2D eigenvalue weighted by molar-refractivity contribution is -0.139. The molecule has 1 aromatic rings. The van der Waals surface area contributed by atoms with E-state index in [4.69, 9.17) is 5.11 Å². The van der Waals surface area contributed by atoms with Gasteiger partial charge in [-0.15, -0.1) is 0 Å². The number of imidazole rings is 1. The van der Waals surface area contributed by atoms with Crippen molar-refractivity contribution < 1.29 is 19.4 Å². The van der Waals surface area contributed by atoms with Crippen LogP contribution in [0.3, 0.4) is 0 Å². The van der Waals surface area contributed by atoms with Gasteiger partial charge >= 0.3 is 17.8 Å². The van der Waals surface area contributed by atoms with E-state index in [0.717, 1.165) is 0 Å². The largest absolute Gasteiger partial charge is 0.480 e. The lowest BCUT2D eigenvalue weighted by Crippen LogP contribution is -2.42. The van der Waals surface area contributed by atoms with Crippen LogP contribution in [0, 0.1) is 0 Å². The molecular formula is C10H13N3O5. The second-order valence-corrected chi connectivity index (χ2v) is 3.39. The summed E-state index contributed by atoms with van der Waals surface area (Å²) in [4.78, 5) is 37.7. The van der Waals surface area contributed by atoms with Gasteiger partial charge in [0.15, 0.2) is 0 Å². The van der Waals surface area contributed by atoms with Crippen molar-refractivity contribution in [2.24, 2.45) is 0 Å². The van der Waals surface area contributed by atoms with E-state index in [2.05, 4.69) is 26.6 Å². The summed E-state index contributed by atoms with van der Waals surface area (Å²) >= 11 is 0. The van der Waals surface area contributed by atoms with Crippen LogP contribution in [-0.2, 0) is 16.0 Å². The number of rotatable bonds is 6. The van der Waals surface area contributed by atoms with E-state index < -0.39 is 23.8 Å². The smallest absolute Gasteiger partial charge is 0.408 e. The highest BCUT2D eigenvalue weighted by Gasteiger charge is 2.21. The quantitative estimate of drug-likeness (QED) is 0.515. The molecule has 0 fully saturated rings. The van der Waals surface area contributed by atoms with Gasteiger partial charge in [0.25, 0.3) is 0 Å². The van der Waals surface area contributed by atoms with Crippen LogP contribution < -0.4 is 11.0 Å². The molecule has 0 aliphatic carbocycles. The van der Waals surface area contributed by atoms with Crippen molar-refractivity contribution in [2.45, 2.75) is 12.5 Å². The molecule has 0 bridgehead atoms. The van der Waals surface area contributed by atoms with Gasteiger partial charge in [-0.05, 0) is 0 Å². The Morgan fingerprint density at radius 1 is 1.61 bits per heavy atom. The molecule has 0 unspecified atom stereocenters. The molecule has 0 aromatic carbocycles. The lowest BCUT2D eigenvalue weighted by atomic mass is 10.2. The van der Waals surface area contributed by atoms with Crippen molar-refractivity contribution in [3.8, 4) is 0 Å². The van der Waals surface area contributed by atoms with E-state index in [1.54, 1.807) is 0 Å². The zero-order valence-electron chi connectivity index (χ0n) is 9.43. The molecule has 98 valence electrons. The molecule has 0 aliphatic heterocycles. The van der Waals surface area contributed by atoms with Crippen LogP contribution in [0.5, 0.6) is 0 Å². The summed E-state index contributed by atoms with van der Waals surface area (Å²) in [5.74, 6) is -1.23. The van der Waals surface area contributed by atoms with Crippen molar-refractivity contribution in [3.05, 3.63) is 35.0 Å². The Hall–Kier alpha value is -2.51. The Kier molecular flexibility index (Phi) is 4.73. The minimum atomic E-state index is -1.23. The first-order chi connectivity index (χ1) is 8.52. The second-order valence-electron chi connectivity index (χ2n) is 3.39. The molecule has 0 aliphatic rings. The number of hydrogen-bond donors (Lipinski definition) is 4. The number of amides is 1. The number of hydrogen-bond acceptors (Lipinski definition) is 4. The van der Waals surface area contributed by atoms with Crippen LogP contribution in [-0.4, -0.2) is 39.8 Å². The standard InChI is InChI=1S/C10H13N3O5/c1-2-3-18-10(17)13-7(8(14)15)4-6-5-11-9(16)12-6/h2,5,7H,1,3-4H2,(H,13,17)(H,14,15)(H2,11,12,16)/t7-/m0/s1. The number of carbonyl (C=O) groups excluding carboxylic acids is 1. The maximum absolute atomic E-state index is 11.2. The Bertz CT molecular complexity index is 490. The molecule has 1 heterocycles. The van der Waals surface area contributed by atoms with Crippen LogP contribution in [0.25, 0.3) is 0 Å². The van der Waals surface area contributed by atoms with Gasteiger partial charge in [0.05, 0.1) is 0 Å². The lowest BCUT2D eigenvalue weighted by Gasteiger charge is -2.12. The van der Waals surface area contributed by atoms with Gasteiger partial charge in [-0.2, -0.15) is 0 Å². The maximum Gasteiger partial charge on any atom is 0.408 e. The van der Waals surface area contributed by atoms with Gasteiger partial charge < -0.3 is 25.1 Å². The molecule has 8 nitrogen and oxygen atoms in total. The van der Waals surface area contributed by atoms with Crippen molar-refractivity contribution in [1.29, 1.82) is 0 Å². The van der Waals surface area contributed by atoms with Gasteiger partial charge in [0, 0.05) is 18.3 Å². The van der Waals surface area contributed by atoms with E-state index in [1.807, 2.05) is 0 Å². The van der Waals surface area contributed by atoms with Crippen molar-refractivity contribution in [1.82, 2.24) is 15.3 Å². The first-order valence-corrected chi connectivity index (χ1v) is 5.06. The molecule has 0 saturated carbocycles. The van der Waals surface area contributed by atoms with Gasteiger partial charge in [-0.1, -0.05) is 12.7 Å². The average Bonchev–Trinajstić information content (AvgIpc) is 2.71. The van der Waals surface area contributed by atoms with Crippen LogP contribution in [0.4, 0.5) is 4.79 Å². The molecule has 8 heteroatoms. The molecule has 4 N–H and O–H groups in total. The minimum Gasteiger partial charge on any atom is -0.480 e. The average molecular weight is 255 g/mol. The number of ether oxygens (including phenoxy) is 1. The fourth-order valence-electron chi connectivity index (χ4n) is 1.22. The maximum atomic E-state index is 11.2. The molecular weight excluding hydrogens is 242 g/mol. The van der Waals surface area contributed by atoms with Crippen molar-refractivity contribution in [2.75, 3.05) is 6.61 Å². The Morgan fingerprint density at radius 2 is 2.33 bits per heavy atom. The fraction of sp³-hybridized carbons (Fsp3) is 0.300. The molecule has 1 atom stereocenters. The summed E-state index contributed by atoms with van der Waals surface area (Å²) in [5.41, 5.74) is -0.0696. The highest BCUT2D eigenvalue weighted by Crippen LogP contribution is 1.98. The summed E-state index contributed by atoms with van der Waals surface area (Å²) in [5, 5.41) is 11.1. The van der Waals surface area contributed by atoms with E-state index in [9.17, 15) is 14.4 Å². The summed E-state index contributed by atoms with van der Waals surface area (Å²) in [6.07, 6.45) is 1.78. The zero-order valence-corrected chi connectivity index (χ0v) is 9.43. The highest BCUT2D eigenvalue weighted by atomic mass is 16.5. The Labute approximate surface area is 102 Å². The summed E-state index contributed by atoms with van der Waals surface area (Å²) in [7, 11) is 0. The topological polar surface area (TPSA) is 124 Å². The highest BCUT2D eigenvalue weighted by molar-refractivity contribution is 5.80. The van der Waals surface area contributed by atoms with E-state index in [1.165, 1.54) is 12.3 Å². The number of H-pyrrole nitrogens is 2. The number of alkyl carbamates (subject to hydrolysis) is 1. The number of aromatic nitrogens is 2. The van der Waals surface area contributed by atoms with Gasteiger partial charge in [0.1, 0.15) is 12.6 Å². The van der Waals surface area contributed by atoms with Crippen LogP contribution in [0.15, 0.2) is 23.6 Å². The van der Waals surface area contributed by atoms with Gasteiger partial charge in [-0.3, -0.25) is 0 Å². The predicted octanol–water partition coefficient (Wildman–Crippen LogP) is -0.389. The molecule has 0 saturated heterocycles. The number of aliphatic carboxylic acids is 1. The Morgan fingerprint density at radius 3 is 2.83 bits per heavy atom. The number of carboxylic acid groups (broad SMARTS) is 1. The van der Waals surface area contributed by atoms with Gasteiger partial charge in [0.2, 0.25) is 0 Å². The second kappa shape index (κ2) is 6.28. The third-order valence-corrected chi connectivity index (χ3v) is 2.00. The number of carbonyl (C=O) groups is 2. The summed E-state index contributed by atoms with van der Waals surface area (Å²) in [6, 6.07) is -1.19. The van der Waals surface area contributed by atoms with Crippen LogP contribution in [0.1, 0.15) is 5.69 Å². The first kappa shape index (κ1) is 13.6. The predicted molar refractivity (Wildman–Crippen MR) is 61.2 cm³/mol. The molecule has 18 heavy (non-hydrogen) atoms. The number of nitrogens with one attached hydrogen (secondary N) is 3. The van der Waals surface area contributed by atoms with E-state index >= 15 is 0 Å². The molecule has 1 aromatic heterocycles. The van der Waals surface area contributed by atoms with Crippen molar-refractivity contribution >= 4 is 12.1 Å². The first-order valence-electron chi connectivity index (χ1n) is 5.06. The summed E-state index contributed by atoms with van der Waals surface area (Å²) < 4.78 is 4.60. The Balaban J connectivity index is 2.60. The SMILES string of the molecule is C=CCOC(=O)N[C@@H](Cc1c[nH]c(=O)[nH]1)C(=O)O. The number of carboxylic acids is 1. The number of aromatic amines is 2. The molecule has 1 amide bonds. The normalized spacial score (nSPS) is 11.6. The zero-order chi connectivity index (χ0) is 13.5. The van der Waals surface area contributed by atoms with Gasteiger partial charge in [-0.25, -0.2) is 14.4 Å². The van der Waals surface area contributed by atoms with E-state index in [-0.39, 0.29) is 13.0 Å². The molecule has 0 radical (unpaired) electrons. The molecule has 0 spiro atoms. The van der Waals surface area contributed by atoms with Crippen LogP contribution >= 0.6 is 0 Å². The fourth-order valence-corrected chi connectivity index (χ4v) is 1.22. The molecule has 1 rings (SSSR count).